The molecule has 1 heterocycles. The van der Waals surface area contributed by atoms with Gasteiger partial charge in [-0.25, -0.2) is 5.43 Å². The summed E-state index contributed by atoms with van der Waals surface area (Å²) in [5, 5.41) is 17.1. The average molecular weight is 379 g/mol. The number of hydrazone groups is 1. The van der Waals surface area contributed by atoms with E-state index in [1.54, 1.807) is 19.1 Å². The van der Waals surface area contributed by atoms with Gasteiger partial charge in [-0.2, -0.15) is 5.10 Å². The van der Waals surface area contributed by atoms with Crippen molar-refractivity contribution >= 4 is 34.8 Å². The lowest BCUT2D eigenvalue weighted by molar-refractivity contribution is -0.384. The standard InChI is InChI=1S/C16H15ClN4O5/c1-10(7-15(22)18-9-12-3-2-6-26-12)19-20-16(23)13-5-4-11(21(24)25)8-14(13)17/h2-6,8H,7,9H2,1H3,(H,18,22)(H,20,23)/b19-10-. The molecule has 0 bridgehead atoms. The number of nitro benzene ring substituents is 1. The second kappa shape index (κ2) is 8.77. The Morgan fingerprint density at radius 3 is 2.73 bits per heavy atom. The summed E-state index contributed by atoms with van der Waals surface area (Å²) >= 11 is 5.87. The van der Waals surface area contributed by atoms with E-state index in [0.717, 1.165) is 6.07 Å². The highest BCUT2D eigenvalue weighted by atomic mass is 35.5. The zero-order valence-electron chi connectivity index (χ0n) is 13.7. The molecule has 0 aliphatic rings. The van der Waals surface area contributed by atoms with Crippen molar-refractivity contribution in [1.29, 1.82) is 0 Å². The quantitative estimate of drug-likeness (QED) is 0.435. The highest BCUT2D eigenvalue weighted by Crippen LogP contribution is 2.22. The van der Waals surface area contributed by atoms with Gasteiger partial charge in [-0.15, -0.1) is 0 Å². The SMILES string of the molecule is C/C(CC(=O)NCc1ccco1)=N/NC(=O)c1ccc([N+](=O)[O-])cc1Cl. The van der Waals surface area contributed by atoms with Gasteiger partial charge < -0.3 is 9.73 Å². The Kier molecular flexibility index (Phi) is 6.45. The number of carbonyl (C=O) groups excluding carboxylic acids is 2. The minimum Gasteiger partial charge on any atom is -0.467 e. The fraction of sp³-hybridized carbons (Fsp3) is 0.188. The van der Waals surface area contributed by atoms with Crippen molar-refractivity contribution in [3.05, 3.63) is 63.1 Å². The van der Waals surface area contributed by atoms with Crippen molar-refractivity contribution in [2.75, 3.05) is 0 Å². The van der Waals surface area contributed by atoms with Gasteiger partial charge >= 0.3 is 0 Å². The summed E-state index contributed by atoms with van der Waals surface area (Å²) in [5.74, 6) is -0.306. The van der Waals surface area contributed by atoms with E-state index < -0.39 is 10.8 Å². The van der Waals surface area contributed by atoms with Crippen LogP contribution in [-0.2, 0) is 11.3 Å². The van der Waals surface area contributed by atoms with E-state index in [9.17, 15) is 19.7 Å². The molecule has 0 radical (unpaired) electrons. The monoisotopic (exact) mass is 378 g/mol. The molecule has 0 atom stereocenters. The predicted molar refractivity (Wildman–Crippen MR) is 93.9 cm³/mol. The number of rotatable bonds is 7. The van der Waals surface area contributed by atoms with Crippen LogP contribution in [0.1, 0.15) is 29.5 Å². The van der Waals surface area contributed by atoms with E-state index in [2.05, 4.69) is 15.8 Å². The van der Waals surface area contributed by atoms with Gasteiger partial charge in [0, 0.05) is 17.8 Å². The first-order chi connectivity index (χ1) is 12.4. The molecule has 2 N–H and O–H groups in total. The third-order valence-corrected chi connectivity index (χ3v) is 3.53. The minimum absolute atomic E-state index is 0.0189. The number of hydrogen-bond donors (Lipinski definition) is 2. The van der Waals surface area contributed by atoms with Gasteiger partial charge in [-0.05, 0) is 25.1 Å². The van der Waals surface area contributed by atoms with Gasteiger partial charge in [0.15, 0.2) is 0 Å². The molecule has 10 heteroatoms. The lowest BCUT2D eigenvalue weighted by Crippen LogP contribution is -2.26. The molecule has 2 rings (SSSR count). The topological polar surface area (TPSA) is 127 Å². The number of nitrogens with zero attached hydrogens (tertiary/aromatic N) is 2. The maximum Gasteiger partial charge on any atom is 0.272 e. The van der Waals surface area contributed by atoms with E-state index in [1.807, 2.05) is 0 Å². The first-order valence-corrected chi connectivity index (χ1v) is 7.81. The first-order valence-electron chi connectivity index (χ1n) is 7.43. The third-order valence-electron chi connectivity index (χ3n) is 3.21. The number of amides is 2. The summed E-state index contributed by atoms with van der Waals surface area (Å²) in [6.07, 6.45) is 1.49. The van der Waals surface area contributed by atoms with Crippen molar-refractivity contribution in [3.8, 4) is 0 Å². The molecule has 1 aromatic heterocycles. The van der Waals surface area contributed by atoms with Gasteiger partial charge in [0.25, 0.3) is 11.6 Å². The molecule has 0 aliphatic heterocycles. The molecule has 2 aromatic rings. The van der Waals surface area contributed by atoms with Gasteiger partial charge in [-0.3, -0.25) is 19.7 Å². The van der Waals surface area contributed by atoms with E-state index in [0.29, 0.717) is 11.5 Å². The zero-order chi connectivity index (χ0) is 19.1. The maximum absolute atomic E-state index is 12.0. The van der Waals surface area contributed by atoms with Crippen LogP contribution < -0.4 is 10.7 Å². The number of nitrogens with one attached hydrogen (secondary N) is 2. The summed E-state index contributed by atoms with van der Waals surface area (Å²) in [6, 6.07) is 6.92. The number of halogens is 1. The van der Waals surface area contributed by atoms with E-state index >= 15 is 0 Å². The largest absolute Gasteiger partial charge is 0.467 e. The smallest absolute Gasteiger partial charge is 0.272 e. The Morgan fingerprint density at radius 2 is 2.12 bits per heavy atom. The first kappa shape index (κ1) is 19.1. The summed E-state index contributed by atoms with van der Waals surface area (Å²) in [7, 11) is 0. The Bertz CT molecular complexity index is 848. The lowest BCUT2D eigenvalue weighted by Gasteiger charge is -2.05. The molecule has 0 fully saturated rings. The summed E-state index contributed by atoms with van der Waals surface area (Å²) in [5.41, 5.74) is 2.44. The number of non-ortho nitro benzene ring substituents is 1. The van der Waals surface area contributed by atoms with Crippen LogP contribution in [0.5, 0.6) is 0 Å². The highest BCUT2D eigenvalue weighted by Gasteiger charge is 2.15. The predicted octanol–water partition coefficient (Wildman–Crippen LogP) is 2.65. The fourth-order valence-corrected chi connectivity index (χ4v) is 2.20. The van der Waals surface area contributed by atoms with E-state index in [1.165, 1.54) is 18.4 Å². The van der Waals surface area contributed by atoms with Crippen molar-refractivity contribution in [1.82, 2.24) is 10.7 Å². The summed E-state index contributed by atoms with van der Waals surface area (Å²) in [6.45, 7) is 1.83. The summed E-state index contributed by atoms with van der Waals surface area (Å²) in [4.78, 5) is 33.9. The third kappa shape index (κ3) is 5.42. The van der Waals surface area contributed by atoms with Crippen LogP contribution in [0.25, 0.3) is 0 Å². The molecule has 0 saturated heterocycles. The number of nitro groups is 1. The van der Waals surface area contributed by atoms with Crippen molar-refractivity contribution in [2.45, 2.75) is 19.9 Å². The molecular formula is C16H15ClN4O5. The number of benzene rings is 1. The molecule has 0 unspecified atom stereocenters. The molecule has 0 saturated carbocycles. The average Bonchev–Trinajstić information content (AvgIpc) is 3.11. The van der Waals surface area contributed by atoms with Crippen molar-refractivity contribution in [2.24, 2.45) is 5.10 Å². The van der Waals surface area contributed by atoms with Crippen molar-refractivity contribution in [3.63, 3.8) is 0 Å². The second-order valence-electron chi connectivity index (χ2n) is 5.24. The Balaban J connectivity index is 1.88. The van der Waals surface area contributed by atoms with Crippen LogP contribution in [0.2, 0.25) is 5.02 Å². The Labute approximate surface area is 153 Å². The Hall–Kier alpha value is -3.20. The molecule has 136 valence electrons. The van der Waals surface area contributed by atoms with Crippen molar-refractivity contribution < 1.29 is 18.9 Å². The van der Waals surface area contributed by atoms with Crippen LogP contribution in [0.15, 0.2) is 46.1 Å². The molecular weight excluding hydrogens is 364 g/mol. The van der Waals surface area contributed by atoms with Crippen LogP contribution in [0.4, 0.5) is 5.69 Å². The zero-order valence-corrected chi connectivity index (χ0v) is 14.4. The van der Waals surface area contributed by atoms with Gasteiger partial charge in [0.1, 0.15) is 5.76 Å². The second-order valence-corrected chi connectivity index (χ2v) is 5.65. The normalized spacial score (nSPS) is 11.1. The molecule has 0 spiro atoms. The molecule has 9 nitrogen and oxygen atoms in total. The van der Waals surface area contributed by atoms with Crippen LogP contribution in [0.3, 0.4) is 0 Å². The lowest BCUT2D eigenvalue weighted by atomic mass is 10.2. The van der Waals surface area contributed by atoms with E-state index in [-0.39, 0.29) is 35.1 Å². The molecule has 26 heavy (non-hydrogen) atoms. The minimum atomic E-state index is -0.639. The number of hydrogen-bond acceptors (Lipinski definition) is 6. The van der Waals surface area contributed by atoms with Gasteiger partial charge in [0.2, 0.25) is 5.91 Å². The summed E-state index contributed by atoms with van der Waals surface area (Å²) < 4.78 is 5.09. The number of carbonyl (C=O) groups is 2. The van der Waals surface area contributed by atoms with E-state index in [4.69, 9.17) is 16.0 Å². The van der Waals surface area contributed by atoms with Crippen LogP contribution >= 0.6 is 11.6 Å². The van der Waals surface area contributed by atoms with Gasteiger partial charge in [0.05, 0.1) is 34.7 Å². The fourth-order valence-electron chi connectivity index (χ4n) is 1.94. The number of furan rings is 1. The molecule has 1 aromatic carbocycles. The molecule has 2 amide bonds. The maximum atomic E-state index is 12.0. The highest BCUT2D eigenvalue weighted by molar-refractivity contribution is 6.34. The van der Waals surface area contributed by atoms with Crippen LogP contribution in [0, 0.1) is 10.1 Å². The molecule has 0 aliphatic carbocycles. The Morgan fingerprint density at radius 1 is 1.35 bits per heavy atom. The van der Waals surface area contributed by atoms with Crippen LogP contribution in [-0.4, -0.2) is 22.4 Å². The van der Waals surface area contributed by atoms with Gasteiger partial charge in [-0.1, -0.05) is 11.6 Å².